The number of ether oxygens (including phenoxy) is 1. The van der Waals surface area contributed by atoms with Crippen LogP contribution in [0.1, 0.15) is 31.1 Å². The first-order valence-electron chi connectivity index (χ1n) is 8.93. The predicted molar refractivity (Wildman–Crippen MR) is 112 cm³/mol. The summed E-state index contributed by atoms with van der Waals surface area (Å²) in [6.45, 7) is 5.29. The summed E-state index contributed by atoms with van der Waals surface area (Å²) in [4.78, 5) is 37.9. The first-order valence-corrected chi connectivity index (χ1v) is 9.31. The highest BCUT2D eigenvalue weighted by Gasteiger charge is 2.26. The van der Waals surface area contributed by atoms with Gasteiger partial charge in [-0.2, -0.15) is 0 Å². The van der Waals surface area contributed by atoms with Crippen molar-refractivity contribution in [3.63, 3.8) is 0 Å². The fourth-order valence-corrected chi connectivity index (χ4v) is 2.72. The molecule has 0 radical (unpaired) electrons. The van der Waals surface area contributed by atoms with Crippen LogP contribution in [0.15, 0.2) is 55.1 Å². The molecule has 154 valence electrons. The number of aromatic nitrogens is 3. The van der Waals surface area contributed by atoms with Gasteiger partial charge in [0.2, 0.25) is 0 Å². The number of carbonyl (C=O) groups excluding carboxylic acids is 1. The molecule has 0 aliphatic heterocycles. The Labute approximate surface area is 178 Å². The molecule has 0 atom stereocenters. The second-order valence-corrected chi connectivity index (χ2v) is 7.76. The molecule has 30 heavy (non-hydrogen) atoms. The summed E-state index contributed by atoms with van der Waals surface area (Å²) >= 11 is 6.09. The molecule has 2 aromatic heterocycles. The SMILES string of the molecule is CC(C)(C)OC(=O)N(c1cccc(Cl)c1)c1cnc(-c2cncc(C(=O)O)c2)cn1. The number of nitrogens with zero attached hydrogens (tertiary/aromatic N) is 4. The molecule has 0 bridgehead atoms. The summed E-state index contributed by atoms with van der Waals surface area (Å²) in [6.07, 6.45) is 4.92. The fourth-order valence-electron chi connectivity index (χ4n) is 2.54. The summed E-state index contributed by atoms with van der Waals surface area (Å²) in [7, 11) is 0. The van der Waals surface area contributed by atoms with E-state index in [1.165, 1.54) is 35.8 Å². The summed E-state index contributed by atoms with van der Waals surface area (Å²) in [5.41, 5.74) is 0.677. The molecule has 0 unspecified atom stereocenters. The Balaban J connectivity index is 1.99. The number of halogens is 1. The van der Waals surface area contributed by atoms with Crippen LogP contribution in [0.2, 0.25) is 5.02 Å². The van der Waals surface area contributed by atoms with E-state index in [1.54, 1.807) is 45.0 Å². The van der Waals surface area contributed by atoms with Crippen molar-refractivity contribution < 1.29 is 19.4 Å². The van der Waals surface area contributed by atoms with Gasteiger partial charge in [0.1, 0.15) is 5.60 Å². The summed E-state index contributed by atoms with van der Waals surface area (Å²) < 4.78 is 5.51. The minimum Gasteiger partial charge on any atom is -0.478 e. The van der Waals surface area contributed by atoms with Crippen LogP contribution >= 0.6 is 11.6 Å². The van der Waals surface area contributed by atoms with E-state index in [-0.39, 0.29) is 11.4 Å². The number of benzene rings is 1. The quantitative estimate of drug-likeness (QED) is 0.628. The lowest BCUT2D eigenvalue weighted by molar-refractivity contribution is 0.0597. The monoisotopic (exact) mass is 426 g/mol. The molecule has 0 fully saturated rings. The van der Waals surface area contributed by atoms with Gasteiger partial charge in [-0.05, 0) is 45.0 Å². The highest BCUT2D eigenvalue weighted by molar-refractivity contribution is 6.31. The Kier molecular flexibility index (Phi) is 5.98. The number of hydrogen-bond acceptors (Lipinski definition) is 6. The Hall–Kier alpha value is -3.52. The Morgan fingerprint density at radius 3 is 2.43 bits per heavy atom. The molecule has 0 saturated carbocycles. The van der Waals surface area contributed by atoms with Crippen molar-refractivity contribution in [2.45, 2.75) is 26.4 Å². The number of carbonyl (C=O) groups is 2. The summed E-state index contributed by atoms with van der Waals surface area (Å²) in [5, 5.41) is 9.58. The van der Waals surface area contributed by atoms with Gasteiger partial charge in [-0.1, -0.05) is 17.7 Å². The lowest BCUT2D eigenvalue weighted by atomic mass is 10.1. The standard InChI is InChI=1S/C21H19ClN4O4/c1-21(2,3)30-20(29)26(16-6-4-5-15(22)8-16)18-12-24-17(11-25-18)13-7-14(19(27)28)10-23-9-13/h4-12H,1-3H3,(H,27,28). The average Bonchev–Trinajstić information content (AvgIpc) is 2.67. The number of pyridine rings is 1. The molecule has 0 aliphatic rings. The summed E-state index contributed by atoms with van der Waals surface area (Å²) in [6, 6.07) is 8.16. The van der Waals surface area contributed by atoms with E-state index in [0.717, 1.165) is 0 Å². The van der Waals surface area contributed by atoms with Gasteiger partial charge in [0.25, 0.3) is 0 Å². The van der Waals surface area contributed by atoms with E-state index in [0.29, 0.717) is 22.0 Å². The molecular formula is C21H19ClN4O4. The van der Waals surface area contributed by atoms with Gasteiger partial charge in [0.05, 0.1) is 29.3 Å². The highest BCUT2D eigenvalue weighted by Crippen LogP contribution is 2.29. The molecule has 0 spiro atoms. The van der Waals surface area contributed by atoms with Crippen molar-refractivity contribution >= 4 is 35.2 Å². The largest absolute Gasteiger partial charge is 0.478 e. The van der Waals surface area contributed by atoms with Gasteiger partial charge in [0, 0.05) is 23.0 Å². The maximum absolute atomic E-state index is 12.9. The number of rotatable bonds is 4. The minimum absolute atomic E-state index is 0.0349. The zero-order chi connectivity index (χ0) is 21.9. The van der Waals surface area contributed by atoms with Gasteiger partial charge >= 0.3 is 12.1 Å². The molecular weight excluding hydrogens is 408 g/mol. The number of hydrogen-bond donors (Lipinski definition) is 1. The topological polar surface area (TPSA) is 106 Å². The third kappa shape index (κ3) is 5.09. The van der Waals surface area contributed by atoms with Crippen LogP contribution in [0.4, 0.5) is 16.3 Å². The molecule has 1 aromatic carbocycles. The average molecular weight is 427 g/mol. The zero-order valence-corrected chi connectivity index (χ0v) is 17.3. The number of carboxylic acids is 1. The molecule has 0 saturated heterocycles. The first-order chi connectivity index (χ1) is 14.1. The molecule has 2 heterocycles. The van der Waals surface area contributed by atoms with Crippen LogP contribution in [-0.2, 0) is 4.74 Å². The smallest absolute Gasteiger partial charge is 0.420 e. The Bertz CT molecular complexity index is 1080. The van der Waals surface area contributed by atoms with Crippen molar-refractivity contribution in [1.82, 2.24) is 15.0 Å². The molecule has 1 amide bonds. The molecule has 3 aromatic rings. The van der Waals surface area contributed by atoms with E-state index in [2.05, 4.69) is 15.0 Å². The third-order valence-electron chi connectivity index (χ3n) is 3.79. The van der Waals surface area contributed by atoms with E-state index in [1.807, 2.05) is 0 Å². The lowest BCUT2D eigenvalue weighted by Gasteiger charge is -2.26. The second-order valence-electron chi connectivity index (χ2n) is 7.32. The van der Waals surface area contributed by atoms with E-state index in [4.69, 9.17) is 21.4 Å². The number of aromatic carboxylic acids is 1. The van der Waals surface area contributed by atoms with Gasteiger partial charge in [0.15, 0.2) is 5.82 Å². The van der Waals surface area contributed by atoms with Crippen LogP contribution in [0.25, 0.3) is 11.3 Å². The Morgan fingerprint density at radius 2 is 1.83 bits per heavy atom. The van der Waals surface area contributed by atoms with Crippen molar-refractivity contribution in [3.05, 3.63) is 65.7 Å². The molecule has 3 rings (SSSR count). The zero-order valence-electron chi connectivity index (χ0n) is 16.5. The molecule has 1 N–H and O–H groups in total. The second kappa shape index (κ2) is 8.46. The van der Waals surface area contributed by atoms with Gasteiger partial charge in [-0.3, -0.25) is 9.97 Å². The van der Waals surface area contributed by atoms with Crippen LogP contribution in [0.5, 0.6) is 0 Å². The summed E-state index contributed by atoms with van der Waals surface area (Å²) in [5.74, 6) is -0.872. The molecule has 0 aliphatic carbocycles. The third-order valence-corrected chi connectivity index (χ3v) is 4.03. The first kappa shape index (κ1) is 21.2. The van der Waals surface area contributed by atoms with Crippen LogP contribution < -0.4 is 4.90 Å². The van der Waals surface area contributed by atoms with E-state index in [9.17, 15) is 9.59 Å². The van der Waals surface area contributed by atoms with Crippen LogP contribution in [0, 0.1) is 0 Å². The fraction of sp³-hybridized carbons (Fsp3) is 0.190. The lowest BCUT2D eigenvalue weighted by Crippen LogP contribution is -2.34. The number of carboxylic acid groups (broad SMARTS) is 1. The number of anilines is 2. The van der Waals surface area contributed by atoms with Gasteiger partial charge < -0.3 is 9.84 Å². The van der Waals surface area contributed by atoms with Crippen molar-refractivity contribution in [1.29, 1.82) is 0 Å². The van der Waals surface area contributed by atoms with E-state index >= 15 is 0 Å². The van der Waals surface area contributed by atoms with Crippen molar-refractivity contribution in [2.75, 3.05) is 4.90 Å². The maximum atomic E-state index is 12.9. The van der Waals surface area contributed by atoms with Crippen LogP contribution in [0.3, 0.4) is 0 Å². The number of amides is 1. The van der Waals surface area contributed by atoms with Crippen molar-refractivity contribution in [3.8, 4) is 11.3 Å². The minimum atomic E-state index is -1.09. The molecule has 8 nitrogen and oxygen atoms in total. The highest BCUT2D eigenvalue weighted by atomic mass is 35.5. The normalized spacial score (nSPS) is 11.1. The van der Waals surface area contributed by atoms with Gasteiger partial charge in [-0.25, -0.2) is 19.5 Å². The Morgan fingerprint density at radius 1 is 1.07 bits per heavy atom. The van der Waals surface area contributed by atoms with E-state index < -0.39 is 17.7 Å². The maximum Gasteiger partial charge on any atom is 0.420 e. The molecule has 9 heteroatoms. The van der Waals surface area contributed by atoms with Crippen molar-refractivity contribution in [2.24, 2.45) is 0 Å². The predicted octanol–water partition coefficient (Wildman–Crippen LogP) is 4.96. The van der Waals surface area contributed by atoms with Crippen LogP contribution in [-0.4, -0.2) is 37.7 Å². The van der Waals surface area contributed by atoms with Gasteiger partial charge in [-0.15, -0.1) is 0 Å².